The number of allylic oxidation sites excluding steroid dienone is 2. The second-order valence-electron chi connectivity index (χ2n) is 13.5. The molecule has 2 heteroatoms. The first-order chi connectivity index (χ1) is 15.6. The minimum Gasteiger partial charge on any atom is -0.463 e. The van der Waals surface area contributed by atoms with Gasteiger partial charge in [-0.1, -0.05) is 53.7 Å². The molecular formula is C31H52O2. The average Bonchev–Trinajstić information content (AvgIpc) is 3.11. The highest BCUT2D eigenvalue weighted by Crippen LogP contribution is 2.68. The number of carbonyl (C=O) groups excluding carboxylic acids is 1. The van der Waals surface area contributed by atoms with Crippen molar-refractivity contribution in [3.05, 3.63) is 12.2 Å². The molecule has 0 amide bonds. The van der Waals surface area contributed by atoms with Crippen molar-refractivity contribution in [1.29, 1.82) is 0 Å². The maximum Gasteiger partial charge on any atom is 0.302 e. The summed E-state index contributed by atoms with van der Waals surface area (Å²) in [5, 5.41) is 0. The molecule has 4 aliphatic rings. The normalized spacial score (nSPS) is 44.7. The van der Waals surface area contributed by atoms with E-state index in [9.17, 15) is 4.79 Å². The van der Waals surface area contributed by atoms with Crippen LogP contribution < -0.4 is 0 Å². The molecule has 0 N–H and O–H groups in total. The van der Waals surface area contributed by atoms with E-state index in [1.54, 1.807) is 6.92 Å². The molecular weight excluding hydrogens is 404 g/mol. The highest BCUT2D eigenvalue weighted by atomic mass is 16.5. The monoisotopic (exact) mass is 456 g/mol. The van der Waals surface area contributed by atoms with Crippen molar-refractivity contribution in [2.45, 2.75) is 119 Å². The van der Waals surface area contributed by atoms with E-state index in [0.29, 0.717) is 16.7 Å². The Bertz CT molecular complexity index is 724. The molecule has 33 heavy (non-hydrogen) atoms. The lowest BCUT2D eigenvalue weighted by atomic mass is 9.44. The highest BCUT2D eigenvalue weighted by Gasteiger charge is 2.60. The van der Waals surface area contributed by atoms with Crippen molar-refractivity contribution in [3.8, 4) is 0 Å². The van der Waals surface area contributed by atoms with Crippen molar-refractivity contribution in [1.82, 2.24) is 0 Å². The van der Waals surface area contributed by atoms with E-state index in [0.717, 1.165) is 54.3 Å². The molecule has 2 nitrogen and oxygen atoms in total. The molecule has 0 spiro atoms. The smallest absolute Gasteiger partial charge is 0.302 e. The lowest BCUT2D eigenvalue weighted by Crippen LogP contribution is -2.54. The van der Waals surface area contributed by atoms with Crippen LogP contribution in [0.3, 0.4) is 0 Å². The summed E-state index contributed by atoms with van der Waals surface area (Å²) in [7, 11) is 0. The molecule has 0 heterocycles. The summed E-state index contributed by atoms with van der Waals surface area (Å²) in [5.41, 5.74) is 0.999. The summed E-state index contributed by atoms with van der Waals surface area (Å²) in [6, 6.07) is 0. The van der Waals surface area contributed by atoms with E-state index >= 15 is 0 Å². The minimum absolute atomic E-state index is 0.0930. The molecule has 0 bridgehead atoms. The van der Waals surface area contributed by atoms with Crippen molar-refractivity contribution >= 4 is 5.97 Å². The van der Waals surface area contributed by atoms with Gasteiger partial charge in [0.2, 0.25) is 0 Å². The second kappa shape index (κ2) is 9.69. The van der Waals surface area contributed by atoms with Crippen LogP contribution in [-0.4, -0.2) is 12.1 Å². The number of hydrogen-bond acceptors (Lipinski definition) is 2. The summed E-state index contributed by atoms with van der Waals surface area (Å²) in [5.74, 6) is 6.43. The van der Waals surface area contributed by atoms with Gasteiger partial charge in [0.25, 0.3) is 0 Å². The van der Waals surface area contributed by atoms with Gasteiger partial charge in [-0.15, -0.1) is 0 Å². The van der Waals surface area contributed by atoms with Crippen LogP contribution in [0.5, 0.6) is 0 Å². The van der Waals surface area contributed by atoms with Crippen LogP contribution in [0.15, 0.2) is 12.2 Å². The van der Waals surface area contributed by atoms with Crippen LogP contribution in [0, 0.1) is 58.2 Å². The number of ether oxygens (including phenoxy) is 1. The summed E-state index contributed by atoms with van der Waals surface area (Å²) < 4.78 is 5.66. The molecule has 0 unspecified atom stereocenters. The minimum atomic E-state index is -0.0930. The fraction of sp³-hybridized carbons (Fsp3) is 0.903. The molecule has 0 aromatic rings. The van der Waals surface area contributed by atoms with E-state index in [4.69, 9.17) is 4.74 Å². The van der Waals surface area contributed by atoms with Crippen molar-refractivity contribution < 1.29 is 9.53 Å². The van der Waals surface area contributed by atoms with Gasteiger partial charge < -0.3 is 4.74 Å². The van der Waals surface area contributed by atoms with E-state index in [1.165, 1.54) is 51.4 Å². The molecule has 0 saturated heterocycles. The van der Waals surface area contributed by atoms with Gasteiger partial charge in [0.15, 0.2) is 0 Å². The third-order valence-electron chi connectivity index (χ3n) is 11.6. The molecule has 4 rings (SSSR count). The number of rotatable bonds is 6. The van der Waals surface area contributed by atoms with Crippen LogP contribution in [0.1, 0.15) is 113 Å². The zero-order chi connectivity index (χ0) is 24.0. The Kier molecular flexibility index (Phi) is 7.43. The second-order valence-corrected chi connectivity index (χ2v) is 13.5. The van der Waals surface area contributed by atoms with Gasteiger partial charge in [0.1, 0.15) is 6.10 Å². The van der Waals surface area contributed by atoms with E-state index in [1.807, 2.05) is 0 Å². The summed E-state index contributed by atoms with van der Waals surface area (Å²) in [6.07, 6.45) is 18.6. The predicted molar refractivity (Wildman–Crippen MR) is 138 cm³/mol. The van der Waals surface area contributed by atoms with Gasteiger partial charge >= 0.3 is 5.97 Å². The Morgan fingerprint density at radius 3 is 2.30 bits per heavy atom. The number of fused-ring (bicyclic) bond motifs is 5. The predicted octanol–water partition coefficient (Wildman–Crippen LogP) is 8.45. The quantitative estimate of drug-likeness (QED) is 0.296. The first kappa shape index (κ1) is 25.3. The molecule has 0 radical (unpaired) electrons. The number of hydrogen-bond donors (Lipinski definition) is 0. The molecule has 0 aromatic heterocycles. The Morgan fingerprint density at radius 1 is 0.939 bits per heavy atom. The van der Waals surface area contributed by atoms with Crippen LogP contribution >= 0.6 is 0 Å². The van der Waals surface area contributed by atoms with Crippen molar-refractivity contribution in [2.24, 2.45) is 58.2 Å². The lowest BCUT2D eigenvalue weighted by molar-refractivity contribution is -0.160. The SMILES string of the molecule is CC[C@H](C=C[C@@H](C)[C@H]1CC[C@H]2[C@@H]3CC[C@H]4C[C@@H](OC(C)=O)CC[C@]4(C)[C@H]3CC[C@]12C)C(C)C. The number of carbonyl (C=O) groups is 1. The zero-order valence-electron chi connectivity index (χ0n) is 22.7. The lowest BCUT2D eigenvalue weighted by Gasteiger charge is -2.61. The molecule has 4 aliphatic carbocycles. The number of esters is 1. The van der Waals surface area contributed by atoms with E-state index in [-0.39, 0.29) is 12.1 Å². The molecule has 10 atom stereocenters. The highest BCUT2D eigenvalue weighted by molar-refractivity contribution is 5.66. The fourth-order valence-corrected chi connectivity index (χ4v) is 9.75. The Balaban J connectivity index is 1.46. The topological polar surface area (TPSA) is 26.3 Å². The van der Waals surface area contributed by atoms with Gasteiger partial charge in [-0.25, -0.2) is 0 Å². The van der Waals surface area contributed by atoms with Crippen molar-refractivity contribution in [2.75, 3.05) is 0 Å². The van der Waals surface area contributed by atoms with Crippen LogP contribution in [0.2, 0.25) is 0 Å². The van der Waals surface area contributed by atoms with E-state index < -0.39 is 0 Å². The Morgan fingerprint density at radius 2 is 1.64 bits per heavy atom. The first-order valence-electron chi connectivity index (χ1n) is 14.5. The van der Waals surface area contributed by atoms with Crippen LogP contribution in [0.25, 0.3) is 0 Å². The standard InChI is InChI=1S/C31H52O2/c1-8-23(20(2)3)10-9-21(4)27-13-14-28-26-12-11-24-19-25(33-22(5)32)15-17-30(24,6)29(26)16-18-31(27,28)7/h9-10,20-21,23-29H,8,11-19H2,1-7H3/t21-,23-,24+,25+,26+,27-,28+,29+,30+,31-/m1/s1. The third-order valence-corrected chi connectivity index (χ3v) is 11.6. The average molecular weight is 457 g/mol. The van der Waals surface area contributed by atoms with E-state index in [2.05, 4.69) is 53.7 Å². The largest absolute Gasteiger partial charge is 0.463 e. The van der Waals surface area contributed by atoms with Gasteiger partial charge in [0.05, 0.1) is 0 Å². The maximum absolute atomic E-state index is 11.5. The van der Waals surface area contributed by atoms with Gasteiger partial charge in [-0.3, -0.25) is 4.79 Å². The van der Waals surface area contributed by atoms with Crippen LogP contribution in [-0.2, 0) is 9.53 Å². The summed E-state index contributed by atoms with van der Waals surface area (Å²) in [6.45, 7) is 16.5. The van der Waals surface area contributed by atoms with Gasteiger partial charge in [0, 0.05) is 6.92 Å². The van der Waals surface area contributed by atoms with Crippen LogP contribution in [0.4, 0.5) is 0 Å². The summed E-state index contributed by atoms with van der Waals surface area (Å²) >= 11 is 0. The fourth-order valence-electron chi connectivity index (χ4n) is 9.75. The molecule has 4 fully saturated rings. The Hall–Kier alpha value is -0.790. The van der Waals surface area contributed by atoms with Crippen molar-refractivity contribution in [3.63, 3.8) is 0 Å². The Labute approximate surface area is 204 Å². The van der Waals surface area contributed by atoms with Gasteiger partial charge in [-0.2, -0.15) is 0 Å². The molecule has 188 valence electrons. The van der Waals surface area contributed by atoms with Gasteiger partial charge in [-0.05, 0) is 122 Å². The molecule has 4 saturated carbocycles. The molecule has 0 aliphatic heterocycles. The zero-order valence-corrected chi connectivity index (χ0v) is 22.7. The summed E-state index contributed by atoms with van der Waals surface area (Å²) in [4.78, 5) is 11.5. The molecule has 0 aromatic carbocycles. The maximum atomic E-state index is 11.5. The first-order valence-corrected chi connectivity index (χ1v) is 14.5. The third kappa shape index (κ3) is 4.58.